The van der Waals surface area contributed by atoms with E-state index in [9.17, 15) is 13.2 Å². The van der Waals surface area contributed by atoms with E-state index in [0.29, 0.717) is 29.3 Å². The SMILES string of the molecule is CS(=O)(=O)NC(=O)Cc1c(Oc2cccc(-c3nnc(Cc4ccccc4)[nH]3)c2)ccc2[nH]ccc12. The molecule has 0 aliphatic heterocycles. The van der Waals surface area contributed by atoms with Crippen molar-refractivity contribution in [2.24, 2.45) is 0 Å². The molecule has 0 saturated carbocycles. The summed E-state index contributed by atoms with van der Waals surface area (Å²) in [6, 6.07) is 22.8. The van der Waals surface area contributed by atoms with Gasteiger partial charge in [0.25, 0.3) is 0 Å². The zero-order valence-corrected chi connectivity index (χ0v) is 20.2. The number of fused-ring (bicyclic) bond motifs is 1. The number of benzene rings is 3. The Labute approximate surface area is 207 Å². The number of nitrogens with one attached hydrogen (secondary N) is 3. The number of hydrogen-bond acceptors (Lipinski definition) is 6. The quantitative estimate of drug-likeness (QED) is 0.295. The number of hydrogen-bond donors (Lipinski definition) is 3. The van der Waals surface area contributed by atoms with E-state index in [1.807, 2.05) is 65.4 Å². The predicted molar refractivity (Wildman–Crippen MR) is 136 cm³/mol. The van der Waals surface area contributed by atoms with Crippen LogP contribution in [-0.4, -0.2) is 40.7 Å². The largest absolute Gasteiger partial charge is 0.457 e. The van der Waals surface area contributed by atoms with Crippen LogP contribution in [0.3, 0.4) is 0 Å². The minimum Gasteiger partial charge on any atom is -0.457 e. The fourth-order valence-corrected chi connectivity index (χ4v) is 4.47. The topological polar surface area (TPSA) is 130 Å². The summed E-state index contributed by atoms with van der Waals surface area (Å²) in [4.78, 5) is 18.8. The maximum atomic E-state index is 12.4. The van der Waals surface area contributed by atoms with Crippen molar-refractivity contribution in [2.45, 2.75) is 12.8 Å². The van der Waals surface area contributed by atoms with Crippen LogP contribution in [0.4, 0.5) is 0 Å². The minimum atomic E-state index is -3.67. The highest BCUT2D eigenvalue weighted by atomic mass is 32.2. The van der Waals surface area contributed by atoms with E-state index in [2.05, 4.69) is 20.2 Å². The number of ether oxygens (including phenoxy) is 1. The van der Waals surface area contributed by atoms with Crippen LogP contribution in [0.15, 0.2) is 79.0 Å². The van der Waals surface area contributed by atoms with Crippen molar-refractivity contribution in [3.63, 3.8) is 0 Å². The minimum absolute atomic E-state index is 0.164. The molecular weight excluding hydrogens is 478 g/mol. The Hall–Kier alpha value is -4.44. The number of H-pyrrole nitrogens is 2. The number of aromatic nitrogens is 4. The summed E-state index contributed by atoms with van der Waals surface area (Å²) in [5, 5.41) is 9.31. The van der Waals surface area contributed by atoms with Crippen molar-refractivity contribution in [3.05, 3.63) is 95.9 Å². The predicted octanol–water partition coefficient (Wildman–Crippen LogP) is 3.95. The van der Waals surface area contributed by atoms with Gasteiger partial charge in [-0.2, -0.15) is 0 Å². The van der Waals surface area contributed by atoms with Gasteiger partial charge in [0, 0.05) is 34.6 Å². The second kappa shape index (κ2) is 9.67. The molecule has 0 bridgehead atoms. The van der Waals surface area contributed by atoms with Crippen molar-refractivity contribution in [3.8, 4) is 22.9 Å². The molecule has 36 heavy (non-hydrogen) atoms. The fraction of sp³-hybridized carbons (Fsp3) is 0.115. The molecule has 3 N–H and O–H groups in total. The standard InChI is InChI=1S/C26H23N5O4S/c1-36(33,34)31-25(32)16-21-20-12-13-27-22(20)10-11-23(21)35-19-9-5-8-18(15-19)26-28-24(29-30-26)14-17-6-3-2-4-7-17/h2-13,15,27H,14,16H2,1H3,(H,31,32)(H,28,29,30). The third kappa shape index (κ3) is 5.44. The fourth-order valence-electron chi connectivity index (χ4n) is 3.99. The van der Waals surface area contributed by atoms with Gasteiger partial charge >= 0.3 is 0 Å². The van der Waals surface area contributed by atoms with Gasteiger partial charge in [-0.05, 0) is 35.9 Å². The van der Waals surface area contributed by atoms with E-state index in [1.165, 1.54) is 0 Å². The lowest BCUT2D eigenvalue weighted by atomic mass is 10.1. The molecular formula is C26H23N5O4S. The van der Waals surface area contributed by atoms with Crippen LogP contribution in [0.2, 0.25) is 0 Å². The molecule has 5 rings (SSSR count). The first kappa shape index (κ1) is 23.3. The lowest BCUT2D eigenvalue weighted by Crippen LogP contribution is -2.30. The van der Waals surface area contributed by atoms with Crippen LogP contribution in [-0.2, 0) is 27.7 Å². The molecule has 1 amide bonds. The van der Waals surface area contributed by atoms with Crippen molar-refractivity contribution >= 4 is 26.8 Å². The van der Waals surface area contributed by atoms with Crippen molar-refractivity contribution < 1.29 is 17.9 Å². The maximum absolute atomic E-state index is 12.4. The van der Waals surface area contributed by atoms with Crippen molar-refractivity contribution in [1.29, 1.82) is 0 Å². The molecule has 0 spiro atoms. The van der Waals surface area contributed by atoms with Gasteiger partial charge in [-0.1, -0.05) is 42.5 Å². The molecule has 10 heteroatoms. The number of sulfonamides is 1. The second-order valence-corrected chi connectivity index (χ2v) is 10.1. The normalized spacial score (nSPS) is 11.5. The summed E-state index contributed by atoms with van der Waals surface area (Å²) < 4.78 is 31.2. The molecule has 0 atom stereocenters. The second-order valence-electron chi connectivity index (χ2n) is 8.37. The van der Waals surface area contributed by atoms with E-state index in [0.717, 1.165) is 34.1 Å². The summed E-state index contributed by atoms with van der Waals surface area (Å²) in [5.41, 5.74) is 3.30. The zero-order valence-electron chi connectivity index (χ0n) is 19.4. The maximum Gasteiger partial charge on any atom is 0.238 e. The van der Waals surface area contributed by atoms with Crippen molar-refractivity contribution in [2.75, 3.05) is 6.26 Å². The van der Waals surface area contributed by atoms with Crippen LogP contribution in [0.5, 0.6) is 11.5 Å². The molecule has 9 nitrogen and oxygen atoms in total. The van der Waals surface area contributed by atoms with E-state index < -0.39 is 15.9 Å². The van der Waals surface area contributed by atoms with E-state index in [1.54, 1.807) is 18.3 Å². The third-order valence-electron chi connectivity index (χ3n) is 5.52. The van der Waals surface area contributed by atoms with E-state index >= 15 is 0 Å². The summed E-state index contributed by atoms with van der Waals surface area (Å²) in [7, 11) is -3.67. The van der Waals surface area contributed by atoms with Gasteiger partial charge < -0.3 is 14.7 Å². The first-order chi connectivity index (χ1) is 17.3. The summed E-state index contributed by atoms with van der Waals surface area (Å²) in [6.45, 7) is 0. The summed E-state index contributed by atoms with van der Waals surface area (Å²) >= 11 is 0. The van der Waals surface area contributed by atoms with E-state index in [4.69, 9.17) is 4.74 Å². The Bertz CT molecular complexity index is 1640. The average molecular weight is 502 g/mol. The van der Waals surface area contributed by atoms with Crippen LogP contribution in [0, 0.1) is 0 Å². The Morgan fingerprint density at radius 1 is 1.00 bits per heavy atom. The molecule has 0 aliphatic rings. The molecule has 0 fully saturated rings. The van der Waals surface area contributed by atoms with Gasteiger partial charge in [-0.15, -0.1) is 10.2 Å². The third-order valence-corrected chi connectivity index (χ3v) is 6.12. The Morgan fingerprint density at radius 3 is 2.64 bits per heavy atom. The van der Waals surface area contributed by atoms with Gasteiger partial charge in [-0.3, -0.25) is 9.52 Å². The summed E-state index contributed by atoms with van der Waals surface area (Å²) in [5.74, 6) is 1.70. The van der Waals surface area contributed by atoms with Gasteiger partial charge in [0.2, 0.25) is 15.9 Å². The van der Waals surface area contributed by atoms with Crippen LogP contribution in [0.25, 0.3) is 22.3 Å². The van der Waals surface area contributed by atoms with Crippen LogP contribution in [0.1, 0.15) is 17.0 Å². The zero-order chi connectivity index (χ0) is 25.1. The number of aromatic amines is 2. The number of carbonyl (C=O) groups excluding carboxylic acids is 1. The molecule has 0 radical (unpaired) electrons. The first-order valence-corrected chi connectivity index (χ1v) is 13.1. The number of amides is 1. The Morgan fingerprint density at radius 2 is 1.83 bits per heavy atom. The average Bonchev–Trinajstić information content (AvgIpc) is 3.50. The highest BCUT2D eigenvalue weighted by molar-refractivity contribution is 7.89. The van der Waals surface area contributed by atoms with Gasteiger partial charge in [-0.25, -0.2) is 8.42 Å². The number of nitrogens with zero attached hydrogens (tertiary/aromatic N) is 2. The number of rotatable bonds is 8. The first-order valence-electron chi connectivity index (χ1n) is 11.2. The summed E-state index contributed by atoms with van der Waals surface area (Å²) in [6.07, 6.45) is 3.17. The van der Waals surface area contributed by atoms with Crippen molar-refractivity contribution in [1.82, 2.24) is 24.9 Å². The van der Waals surface area contributed by atoms with Gasteiger partial charge in [0.1, 0.15) is 17.3 Å². The molecule has 2 aromatic heterocycles. The highest BCUT2D eigenvalue weighted by Crippen LogP contribution is 2.33. The van der Waals surface area contributed by atoms with Gasteiger partial charge in [0.05, 0.1) is 12.7 Å². The van der Waals surface area contributed by atoms with Crippen LogP contribution < -0.4 is 9.46 Å². The molecule has 0 saturated heterocycles. The molecule has 5 aromatic rings. The Kier molecular flexibility index (Phi) is 6.26. The van der Waals surface area contributed by atoms with Gasteiger partial charge in [0.15, 0.2) is 5.82 Å². The molecule has 182 valence electrons. The molecule has 2 heterocycles. The molecule has 3 aromatic carbocycles. The highest BCUT2D eigenvalue weighted by Gasteiger charge is 2.17. The van der Waals surface area contributed by atoms with E-state index in [-0.39, 0.29) is 6.42 Å². The monoisotopic (exact) mass is 501 g/mol. The Balaban J connectivity index is 1.40. The lowest BCUT2D eigenvalue weighted by Gasteiger charge is -2.13. The van der Waals surface area contributed by atoms with Crippen LogP contribution >= 0.6 is 0 Å². The smallest absolute Gasteiger partial charge is 0.238 e. The lowest BCUT2D eigenvalue weighted by molar-refractivity contribution is -0.118. The molecule has 0 unspecified atom stereocenters. The number of carbonyl (C=O) groups is 1. The molecule has 0 aliphatic carbocycles.